The van der Waals surface area contributed by atoms with Gasteiger partial charge in [0.25, 0.3) is 0 Å². The normalized spacial score (nSPS) is 15.6. The number of nitrogens with zero attached hydrogens (tertiary/aromatic N) is 2. The fraction of sp³-hybridized carbons (Fsp3) is 0.333. The highest BCUT2D eigenvalue weighted by Gasteiger charge is 2.06. The van der Waals surface area contributed by atoms with Crippen LogP contribution in [0.5, 0.6) is 0 Å². The highest BCUT2D eigenvalue weighted by Crippen LogP contribution is 2.06. The molecular weight excluding hydrogens is 136 g/mol. The molecule has 0 fully saturated rings. The van der Waals surface area contributed by atoms with Gasteiger partial charge in [-0.3, -0.25) is 0 Å². The maximum absolute atomic E-state index is 3.69. The number of hydrogen-bond donors (Lipinski definition) is 0. The molecule has 0 atom stereocenters. The third-order valence-corrected chi connectivity index (χ3v) is 1.67. The topological polar surface area (TPSA) is 6.48 Å². The van der Waals surface area contributed by atoms with Gasteiger partial charge in [0.2, 0.25) is 0 Å². The van der Waals surface area contributed by atoms with Crippen molar-refractivity contribution in [3.63, 3.8) is 0 Å². The predicted octanol–water partition coefficient (Wildman–Crippen LogP) is 1.75. The van der Waals surface area contributed by atoms with E-state index in [-0.39, 0.29) is 0 Å². The first kappa shape index (κ1) is 7.92. The summed E-state index contributed by atoms with van der Waals surface area (Å²) in [4.78, 5) is 4.27. The minimum Gasteiger partial charge on any atom is -0.358 e. The molecule has 0 N–H and O–H groups in total. The SMILES string of the molecule is C=CCCN1C=CN(C=C)C1. The van der Waals surface area contributed by atoms with Gasteiger partial charge in [-0.15, -0.1) is 6.58 Å². The van der Waals surface area contributed by atoms with Gasteiger partial charge in [0.05, 0.1) is 6.67 Å². The van der Waals surface area contributed by atoms with Crippen molar-refractivity contribution in [2.75, 3.05) is 13.2 Å². The molecule has 0 unspecified atom stereocenters. The van der Waals surface area contributed by atoms with E-state index < -0.39 is 0 Å². The molecule has 0 amide bonds. The number of hydrogen-bond acceptors (Lipinski definition) is 2. The van der Waals surface area contributed by atoms with E-state index in [0.29, 0.717) is 0 Å². The van der Waals surface area contributed by atoms with Crippen LogP contribution in [0.25, 0.3) is 0 Å². The molecule has 0 radical (unpaired) electrons. The van der Waals surface area contributed by atoms with Gasteiger partial charge in [0.15, 0.2) is 0 Å². The Morgan fingerprint density at radius 3 is 2.73 bits per heavy atom. The highest BCUT2D eigenvalue weighted by atomic mass is 15.3. The van der Waals surface area contributed by atoms with Crippen molar-refractivity contribution < 1.29 is 0 Å². The third-order valence-electron chi connectivity index (χ3n) is 1.67. The average Bonchev–Trinajstić information content (AvgIpc) is 2.48. The molecule has 0 aliphatic carbocycles. The molecule has 0 bridgehead atoms. The molecule has 0 aromatic heterocycles. The molecule has 1 aliphatic rings. The Bertz CT molecular complexity index is 172. The van der Waals surface area contributed by atoms with Crippen LogP contribution in [0.4, 0.5) is 0 Å². The Kier molecular flexibility index (Phi) is 2.78. The average molecular weight is 150 g/mol. The van der Waals surface area contributed by atoms with Gasteiger partial charge in [0, 0.05) is 18.9 Å². The van der Waals surface area contributed by atoms with Crippen molar-refractivity contribution in [3.05, 3.63) is 37.8 Å². The summed E-state index contributed by atoms with van der Waals surface area (Å²) < 4.78 is 0. The maximum Gasteiger partial charge on any atom is 0.0935 e. The summed E-state index contributed by atoms with van der Waals surface area (Å²) >= 11 is 0. The molecule has 2 nitrogen and oxygen atoms in total. The van der Waals surface area contributed by atoms with Gasteiger partial charge >= 0.3 is 0 Å². The standard InChI is InChI=1S/C9H14N2/c1-3-5-6-11-8-7-10(4-2)9-11/h3-4,7-8H,1-2,5-6,9H2. The van der Waals surface area contributed by atoms with Crippen LogP contribution >= 0.6 is 0 Å². The van der Waals surface area contributed by atoms with E-state index in [0.717, 1.165) is 19.6 Å². The first-order valence-corrected chi connectivity index (χ1v) is 3.78. The Balaban J connectivity index is 2.25. The summed E-state index contributed by atoms with van der Waals surface area (Å²) in [6, 6.07) is 0. The van der Waals surface area contributed by atoms with Crippen LogP contribution < -0.4 is 0 Å². The largest absolute Gasteiger partial charge is 0.358 e. The second-order valence-corrected chi connectivity index (χ2v) is 2.53. The lowest BCUT2D eigenvalue weighted by Gasteiger charge is -2.17. The molecule has 11 heavy (non-hydrogen) atoms. The number of rotatable bonds is 4. The Hall–Kier alpha value is -1.18. The van der Waals surface area contributed by atoms with Gasteiger partial charge in [-0.25, -0.2) is 0 Å². The summed E-state index contributed by atoms with van der Waals surface area (Å²) in [6.45, 7) is 9.34. The van der Waals surface area contributed by atoms with Crippen LogP contribution in [-0.2, 0) is 0 Å². The summed E-state index contributed by atoms with van der Waals surface area (Å²) in [5.41, 5.74) is 0. The van der Waals surface area contributed by atoms with E-state index >= 15 is 0 Å². The van der Waals surface area contributed by atoms with Crippen LogP contribution in [0, 0.1) is 0 Å². The van der Waals surface area contributed by atoms with Gasteiger partial charge < -0.3 is 9.80 Å². The third kappa shape index (κ3) is 2.15. The monoisotopic (exact) mass is 150 g/mol. The molecule has 0 aromatic carbocycles. The van der Waals surface area contributed by atoms with Crippen LogP contribution in [-0.4, -0.2) is 23.0 Å². The van der Waals surface area contributed by atoms with Gasteiger partial charge in [-0.05, 0) is 12.6 Å². The smallest absolute Gasteiger partial charge is 0.0935 e. The van der Waals surface area contributed by atoms with E-state index in [1.165, 1.54) is 0 Å². The molecule has 0 saturated carbocycles. The van der Waals surface area contributed by atoms with Crippen molar-refractivity contribution in [2.24, 2.45) is 0 Å². The second-order valence-electron chi connectivity index (χ2n) is 2.53. The first-order valence-electron chi connectivity index (χ1n) is 3.78. The van der Waals surface area contributed by atoms with Crippen LogP contribution in [0.2, 0.25) is 0 Å². The Labute approximate surface area is 68.1 Å². The molecule has 60 valence electrons. The van der Waals surface area contributed by atoms with Crippen molar-refractivity contribution in [2.45, 2.75) is 6.42 Å². The maximum atomic E-state index is 3.69. The molecule has 1 heterocycles. The Morgan fingerprint density at radius 1 is 1.36 bits per heavy atom. The van der Waals surface area contributed by atoms with E-state index in [1.54, 1.807) is 0 Å². The molecule has 0 spiro atoms. The molecule has 1 rings (SSSR count). The lowest BCUT2D eigenvalue weighted by atomic mass is 10.4. The molecule has 2 heteroatoms. The zero-order valence-electron chi connectivity index (χ0n) is 6.74. The van der Waals surface area contributed by atoms with Crippen molar-refractivity contribution >= 4 is 0 Å². The Morgan fingerprint density at radius 2 is 2.18 bits per heavy atom. The zero-order chi connectivity index (χ0) is 8.10. The van der Waals surface area contributed by atoms with Crippen molar-refractivity contribution in [3.8, 4) is 0 Å². The molecule has 0 aromatic rings. The lowest BCUT2D eigenvalue weighted by Crippen LogP contribution is -2.22. The van der Waals surface area contributed by atoms with Crippen molar-refractivity contribution in [1.82, 2.24) is 9.80 Å². The van der Waals surface area contributed by atoms with Crippen LogP contribution in [0.3, 0.4) is 0 Å². The summed E-state index contributed by atoms with van der Waals surface area (Å²) in [7, 11) is 0. The van der Waals surface area contributed by atoms with Gasteiger partial charge in [-0.1, -0.05) is 12.7 Å². The van der Waals surface area contributed by atoms with Crippen LogP contribution in [0.1, 0.15) is 6.42 Å². The highest BCUT2D eigenvalue weighted by molar-refractivity contribution is 4.95. The second kappa shape index (κ2) is 3.86. The summed E-state index contributed by atoms with van der Waals surface area (Å²) in [5.74, 6) is 0. The summed E-state index contributed by atoms with van der Waals surface area (Å²) in [5, 5.41) is 0. The molecular formula is C9H14N2. The minimum atomic E-state index is 0.928. The molecule has 1 aliphatic heterocycles. The van der Waals surface area contributed by atoms with E-state index in [4.69, 9.17) is 0 Å². The predicted molar refractivity (Wildman–Crippen MR) is 47.6 cm³/mol. The lowest BCUT2D eigenvalue weighted by molar-refractivity contribution is 0.319. The first-order chi connectivity index (χ1) is 5.36. The quantitative estimate of drug-likeness (QED) is 0.563. The van der Waals surface area contributed by atoms with Crippen LogP contribution in [0.15, 0.2) is 37.8 Å². The fourth-order valence-electron chi connectivity index (χ4n) is 1.00. The van der Waals surface area contributed by atoms with Gasteiger partial charge in [0.1, 0.15) is 0 Å². The van der Waals surface area contributed by atoms with E-state index in [1.807, 2.05) is 23.4 Å². The molecule has 0 saturated heterocycles. The summed E-state index contributed by atoms with van der Waals surface area (Å²) in [6.07, 6.45) is 8.89. The van der Waals surface area contributed by atoms with Gasteiger partial charge in [-0.2, -0.15) is 0 Å². The van der Waals surface area contributed by atoms with E-state index in [9.17, 15) is 0 Å². The fourth-order valence-corrected chi connectivity index (χ4v) is 1.00. The van der Waals surface area contributed by atoms with Crippen molar-refractivity contribution in [1.29, 1.82) is 0 Å². The zero-order valence-corrected chi connectivity index (χ0v) is 6.74. The van der Waals surface area contributed by atoms with E-state index in [2.05, 4.69) is 24.3 Å². The minimum absolute atomic E-state index is 0.928.